The third-order valence-electron chi connectivity index (χ3n) is 3.28. The molecule has 0 atom stereocenters. The van der Waals surface area contributed by atoms with Crippen molar-refractivity contribution in [3.05, 3.63) is 23.9 Å². The summed E-state index contributed by atoms with van der Waals surface area (Å²) < 4.78 is 0. The first-order valence-corrected chi connectivity index (χ1v) is 6.09. The fraction of sp³-hybridized carbons (Fsp3) is 0.615. The molecule has 0 spiro atoms. The number of piperazine rings is 1. The number of pyridine rings is 1. The lowest BCUT2D eigenvalue weighted by atomic mass is 10.0. The van der Waals surface area contributed by atoms with Gasteiger partial charge in [0, 0.05) is 37.9 Å². The number of hydrogen-bond donors (Lipinski definition) is 1. The van der Waals surface area contributed by atoms with E-state index in [2.05, 4.69) is 21.8 Å². The van der Waals surface area contributed by atoms with Crippen LogP contribution in [0.4, 0.5) is 5.82 Å². The van der Waals surface area contributed by atoms with E-state index in [1.165, 1.54) is 0 Å². The van der Waals surface area contributed by atoms with Gasteiger partial charge in [0.2, 0.25) is 0 Å². The summed E-state index contributed by atoms with van der Waals surface area (Å²) in [7, 11) is 2.14. The third-order valence-corrected chi connectivity index (χ3v) is 3.28. The predicted octanol–water partition coefficient (Wildman–Crippen LogP) is 1.06. The number of anilines is 1. The Hall–Kier alpha value is -1.13. The van der Waals surface area contributed by atoms with Crippen LogP contribution in [0.3, 0.4) is 0 Å². The predicted molar refractivity (Wildman–Crippen MR) is 69.2 cm³/mol. The van der Waals surface area contributed by atoms with E-state index in [0.29, 0.717) is 0 Å². The van der Waals surface area contributed by atoms with Crippen molar-refractivity contribution in [1.82, 2.24) is 9.88 Å². The van der Waals surface area contributed by atoms with Gasteiger partial charge in [0.25, 0.3) is 0 Å². The van der Waals surface area contributed by atoms with E-state index in [-0.39, 0.29) is 0 Å². The Bertz CT molecular complexity index is 361. The van der Waals surface area contributed by atoms with Crippen LogP contribution in [0, 0.1) is 0 Å². The molecule has 1 aromatic rings. The maximum Gasteiger partial charge on any atom is 0.128 e. The van der Waals surface area contributed by atoms with E-state index in [9.17, 15) is 5.11 Å². The van der Waals surface area contributed by atoms with Gasteiger partial charge in [-0.2, -0.15) is 0 Å². The van der Waals surface area contributed by atoms with Crippen molar-refractivity contribution in [2.75, 3.05) is 38.1 Å². The zero-order valence-corrected chi connectivity index (χ0v) is 10.8. The smallest absolute Gasteiger partial charge is 0.128 e. The van der Waals surface area contributed by atoms with Gasteiger partial charge in [-0.3, -0.25) is 0 Å². The molecule has 4 nitrogen and oxygen atoms in total. The van der Waals surface area contributed by atoms with Crippen LogP contribution >= 0.6 is 0 Å². The van der Waals surface area contributed by atoms with Crippen LogP contribution in [-0.4, -0.2) is 48.2 Å². The van der Waals surface area contributed by atoms with Gasteiger partial charge < -0.3 is 14.9 Å². The molecule has 2 heterocycles. The summed E-state index contributed by atoms with van der Waals surface area (Å²) >= 11 is 0. The van der Waals surface area contributed by atoms with Crippen LogP contribution in [-0.2, 0) is 5.60 Å². The molecular formula is C13H21N3O. The normalized spacial score (nSPS) is 18.5. The van der Waals surface area contributed by atoms with Gasteiger partial charge in [-0.25, -0.2) is 4.98 Å². The first kappa shape index (κ1) is 12.3. The Labute approximate surface area is 103 Å². The molecule has 2 rings (SSSR count). The molecule has 0 aromatic carbocycles. The fourth-order valence-corrected chi connectivity index (χ4v) is 1.97. The summed E-state index contributed by atoms with van der Waals surface area (Å²) in [5.41, 5.74) is 0.0450. The average molecular weight is 235 g/mol. The molecule has 1 aliphatic rings. The van der Waals surface area contributed by atoms with E-state index in [4.69, 9.17) is 0 Å². The maximum absolute atomic E-state index is 9.86. The highest BCUT2D eigenvalue weighted by molar-refractivity contribution is 5.40. The molecule has 1 saturated heterocycles. The van der Waals surface area contributed by atoms with Crippen LogP contribution < -0.4 is 4.90 Å². The number of aliphatic hydroxyl groups is 1. The minimum atomic E-state index is -0.812. The zero-order chi connectivity index (χ0) is 12.5. The lowest BCUT2D eigenvalue weighted by molar-refractivity contribution is 0.0782. The Morgan fingerprint density at radius 1 is 1.18 bits per heavy atom. The topological polar surface area (TPSA) is 39.6 Å². The Morgan fingerprint density at radius 3 is 2.29 bits per heavy atom. The van der Waals surface area contributed by atoms with Crippen molar-refractivity contribution in [3.8, 4) is 0 Å². The molecule has 94 valence electrons. The lowest BCUT2D eigenvalue weighted by Gasteiger charge is -2.33. The van der Waals surface area contributed by atoms with Crippen LogP contribution in [0.2, 0.25) is 0 Å². The van der Waals surface area contributed by atoms with Crippen molar-refractivity contribution in [3.63, 3.8) is 0 Å². The molecule has 0 amide bonds. The van der Waals surface area contributed by atoms with Crippen molar-refractivity contribution in [2.45, 2.75) is 19.4 Å². The molecule has 1 aromatic heterocycles. The first-order chi connectivity index (χ1) is 7.97. The molecule has 0 saturated carbocycles. The monoisotopic (exact) mass is 235 g/mol. The van der Waals surface area contributed by atoms with Gasteiger partial charge in [0.1, 0.15) is 5.82 Å². The van der Waals surface area contributed by atoms with Crippen LogP contribution in [0.15, 0.2) is 18.3 Å². The van der Waals surface area contributed by atoms with Gasteiger partial charge >= 0.3 is 0 Å². The second-order valence-corrected chi connectivity index (χ2v) is 5.25. The van der Waals surface area contributed by atoms with Crippen LogP contribution in [0.25, 0.3) is 0 Å². The number of rotatable bonds is 2. The van der Waals surface area contributed by atoms with Gasteiger partial charge in [0.15, 0.2) is 0 Å². The number of aromatic nitrogens is 1. The molecule has 0 unspecified atom stereocenters. The average Bonchev–Trinajstić information content (AvgIpc) is 2.29. The largest absolute Gasteiger partial charge is 0.386 e. The van der Waals surface area contributed by atoms with E-state index >= 15 is 0 Å². The molecule has 1 aliphatic heterocycles. The summed E-state index contributed by atoms with van der Waals surface area (Å²) in [6.07, 6.45) is 1.77. The molecule has 0 radical (unpaired) electrons. The standard InChI is InChI=1S/C13H21N3O/c1-13(2,17)11-4-5-12(14-10-11)16-8-6-15(3)7-9-16/h4-5,10,17H,6-9H2,1-3H3. The SMILES string of the molecule is CN1CCN(c2ccc(C(C)(C)O)cn2)CC1. The molecule has 4 heteroatoms. The molecule has 17 heavy (non-hydrogen) atoms. The second kappa shape index (κ2) is 4.63. The molecular weight excluding hydrogens is 214 g/mol. The van der Waals surface area contributed by atoms with E-state index < -0.39 is 5.60 Å². The maximum atomic E-state index is 9.86. The summed E-state index contributed by atoms with van der Waals surface area (Å²) in [5.74, 6) is 1.01. The van der Waals surface area contributed by atoms with Gasteiger partial charge in [-0.1, -0.05) is 6.07 Å². The lowest BCUT2D eigenvalue weighted by Crippen LogP contribution is -2.44. The third kappa shape index (κ3) is 2.96. The summed E-state index contributed by atoms with van der Waals surface area (Å²) in [6, 6.07) is 3.96. The van der Waals surface area contributed by atoms with Gasteiger partial charge in [0.05, 0.1) is 5.60 Å². The Kier molecular flexibility index (Phi) is 3.35. The summed E-state index contributed by atoms with van der Waals surface area (Å²) in [6.45, 7) is 7.75. The molecule has 0 bridgehead atoms. The van der Waals surface area contributed by atoms with Crippen LogP contribution in [0.1, 0.15) is 19.4 Å². The zero-order valence-electron chi connectivity index (χ0n) is 10.8. The second-order valence-electron chi connectivity index (χ2n) is 5.25. The van der Waals surface area contributed by atoms with E-state index in [1.54, 1.807) is 20.0 Å². The number of nitrogens with zero attached hydrogens (tertiary/aromatic N) is 3. The highest BCUT2D eigenvalue weighted by Gasteiger charge is 2.18. The minimum Gasteiger partial charge on any atom is -0.386 e. The highest BCUT2D eigenvalue weighted by Crippen LogP contribution is 2.21. The Morgan fingerprint density at radius 2 is 1.82 bits per heavy atom. The van der Waals surface area contributed by atoms with Crippen molar-refractivity contribution in [2.24, 2.45) is 0 Å². The number of likely N-dealkylation sites (N-methyl/N-ethyl adjacent to an activating group) is 1. The minimum absolute atomic E-state index is 0.812. The van der Waals surface area contributed by atoms with Crippen molar-refractivity contribution >= 4 is 5.82 Å². The van der Waals surface area contributed by atoms with Gasteiger partial charge in [-0.05, 0) is 27.0 Å². The van der Waals surface area contributed by atoms with Crippen molar-refractivity contribution < 1.29 is 5.11 Å². The quantitative estimate of drug-likeness (QED) is 0.832. The molecule has 1 fully saturated rings. The summed E-state index contributed by atoms with van der Waals surface area (Å²) in [5, 5.41) is 9.86. The highest BCUT2D eigenvalue weighted by atomic mass is 16.3. The van der Waals surface area contributed by atoms with Crippen molar-refractivity contribution in [1.29, 1.82) is 0 Å². The molecule has 1 N–H and O–H groups in total. The molecule has 0 aliphatic carbocycles. The van der Waals surface area contributed by atoms with Crippen LogP contribution in [0.5, 0.6) is 0 Å². The number of hydrogen-bond acceptors (Lipinski definition) is 4. The Balaban J connectivity index is 2.08. The first-order valence-electron chi connectivity index (χ1n) is 6.09. The van der Waals surface area contributed by atoms with E-state index in [0.717, 1.165) is 37.6 Å². The summed E-state index contributed by atoms with van der Waals surface area (Å²) in [4.78, 5) is 9.05. The van der Waals surface area contributed by atoms with E-state index in [1.807, 2.05) is 12.1 Å². The fourth-order valence-electron chi connectivity index (χ4n) is 1.97. The van der Waals surface area contributed by atoms with Gasteiger partial charge in [-0.15, -0.1) is 0 Å².